The van der Waals surface area contributed by atoms with Gasteiger partial charge in [0.25, 0.3) is 5.91 Å². The van der Waals surface area contributed by atoms with Crippen LogP contribution in [0.15, 0.2) is 42.7 Å². The second-order valence-corrected chi connectivity index (χ2v) is 7.10. The molecule has 2 aliphatic rings. The fraction of sp³-hybridized carbons (Fsp3) is 0.400. The molecule has 1 aromatic carbocycles. The zero-order chi connectivity index (χ0) is 20.2. The Morgan fingerprint density at radius 3 is 2.66 bits per heavy atom. The second kappa shape index (κ2) is 8.34. The number of aromatic amines is 1. The number of carbonyl (C=O) groups excluding carboxylic acids is 3. The van der Waals surface area contributed by atoms with Crippen LogP contribution in [0, 0.1) is 0 Å². The van der Waals surface area contributed by atoms with Gasteiger partial charge < -0.3 is 14.4 Å². The fourth-order valence-corrected chi connectivity index (χ4v) is 3.74. The standard InChI is InChI=1S/C20H22N4O5/c25-18(15-10-21-22-11-15)23-8-6-16(7-9-23)24-17(13-29-20(24)27)19(26)28-12-14-4-2-1-3-5-14/h1-5,10-11,16-17H,6-9,12-13H2,(H,21,22). The highest BCUT2D eigenvalue weighted by atomic mass is 16.6. The Balaban J connectivity index is 1.35. The Hall–Kier alpha value is -3.36. The fourth-order valence-electron chi connectivity index (χ4n) is 3.74. The highest BCUT2D eigenvalue weighted by Crippen LogP contribution is 2.25. The van der Waals surface area contributed by atoms with Crippen LogP contribution < -0.4 is 0 Å². The van der Waals surface area contributed by atoms with Gasteiger partial charge >= 0.3 is 12.1 Å². The number of esters is 1. The lowest BCUT2D eigenvalue weighted by atomic mass is 10.0. The molecule has 2 saturated heterocycles. The minimum atomic E-state index is -0.757. The van der Waals surface area contributed by atoms with Gasteiger partial charge in [0.15, 0.2) is 6.04 Å². The molecular formula is C20H22N4O5. The van der Waals surface area contributed by atoms with Crippen molar-refractivity contribution in [2.24, 2.45) is 0 Å². The molecule has 2 aliphatic heterocycles. The van der Waals surface area contributed by atoms with Crippen LogP contribution in [-0.2, 0) is 20.9 Å². The first-order valence-corrected chi connectivity index (χ1v) is 9.57. The summed E-state index contributed by atoms with van der Waals surface area (Å²) in [7, 11) is 0. The molecule has 1 aromatic heterocycles. The van der Waals surface area contributed by atoms with Gasteiger partial charge in [0.1, 0.15) is 13.2 Å². The summed E-state index contributed by atoms with van der Waals surface area (Å²) in [5, 5.41) is 6.43. The Morgan fingerprint density at radius 1 is 1.21 bits per heavy atom. The molecule has 4 rings (SSSR count). The maximum atomic E-state index is 12.6. The van der Waals surface area contributed by atoms with Crippen LogP contribution in [0.5, 0.6) is 0 Å². The number of benzene rings is 1. The zero-order valence-electron chi connectivity index (χ0n) is 15.8. The van der Waals surface area contributed by atoms with E-state index >= 15 is 0 Å². The number of ether oxygens (including phenoxy) is 2. The van der Waals surface area contributed by atoms with Crippen LogP contribution in [0.1, 0.15) is 28.8 Å². The number of nitrogens with zero attached hydrogens (tertiary/aromatic N) is 3. The summed E-state index contributed by atoms with van der Waals surface area (Å²) in [5.74, 6) is -0.573. The normalized spacial score (nSPS) is 19.9. The third kappa shape index (κ3) is 4.08. The molecule has 2 amide bonds. The summed E-state index contributed by atoms with van der Waals surface area (Å²) < 4.78 is 10.5. The van der Waals surface area contributed by atoms with Gasteiger partial charge in [-0.25, -0.2) is 9.59 Å². The maximum absolute atomic E-state index is 12.6. The van der Waals surface area contributed by atoms with Crippen molar-refractivity contribution in [1.82, 2.24) is 20.0 Å². The third-order valence-corrected chi connectivity index (χ3v) is 5.30. The summed E-state index contributed by atoms with van der Waals surface area (Å²) >= 11 is 0. The van der Waals surface area contributed by atoms with Crippen molar-refractivity contribution in [3.63, 3.8) is 0 Å². The molecule has 9 heteroatoms. The van der Waals surface area contributed by atoms with Crippen LogP contribution >= 0.6 is 0 Å². The van der Waals surface area contributed by atoms with Crippen molar-refractivity contribution >= 4 is 18.0 Å². The van der Waals surface area contributed by atoms with E-state index in [0.717, 1.165) is 5.56 Å². The van der Waals surface area contributed by atoms with E-state index in [9.17, 15) is 14.4 Å². The maximum Gasteiger partial charge on any atom is 0.410 e. The topological polar surface area (TPSA) is 105 Å². The minimum absolute atomic E-state index is 0.0133. The average molecular weight is 398 g/mol. The molecule has 0 aliphatic carbocycles. The molecule has 2 aromatic rings. The summed E-state index contributed by atoms with van der Waals surface area (Å²) in [5.41, 5.74) is 1.38. The second-order valence-electron chi connectivity index (χ2n) is 7.10. The third-order valence-electron chi connectivity index (χ3n) is 5.30. The molecule has 0 spiro atoms. The number of hydrogen-bond acceptors (Lipinski definition) is 6. The predicted octanol–water partition coefficient (Wildman–Crippen LogP) is 1.58. The van der Waals surface area contributed by atoms with E-state index in [1.54, 1.807) is 11.1 Å². The highest BCUT2D eigenvalue weighted by molar-refractivity contribution is 5.93. The zero-order valence-corrected chi connectivity index (χ0v) is 15.8. The number of carbonyl (C=O) groups is 3. The van der Waals surface area contributed by atoms with Gasteiger partial charge in [-0.05, 0) is 18.4 Å². The van der Waals surface area contributed by atoms with Crippen molar-refractivity contribution in [3.05, 3.63) is 53.9 Å². The van der Waals surface area contributed by atoms with Crippen molar-refractivity contribution in [2.75, 3.05) is 19.7 Å². The number of aromatic nitrogens is 2. The van der Waals surface area contributed by atoms with Gasteiger partial charge in [-0.2, -0.15) is 5.10 Å². The number of likely N-dealkylation sites (tertiary alicyclic amines) is 1. The molecule has 0 bridgehead atoms. The summed E-state index contributed by atoms with van der Waals surface area (Å²) in [6.07, 6.45) is 3.68. The molecule has 0 saturated carbocycles. The molecule has 9 nitrogen and oxygen atoms in total. The predicted molar refractivity (Wildman–Crippen MR) is 101 cm³/mol. The van der Waals surface area contributed by atoms with E-state index < -0.39 is 18.1 Å². The first-order valence-electron chi connectivity index (χ1n) is 9.57. The number of cyclic esters (lactones) is 1. The van der Waals surface area contributed by atoms with Crippen LogP contribution in [0.2, 0.25) is 0 Å². The van der Waals surface area contributed by atoms with Gasteiger partial charge in [0, 0.05) is 25.3 Å². The van der Waals surface area contributed by atoms with Gasteiger partial charge in [-0.3, -0.25) is 14.8 Å². The smallest absolute Gasteiger partial charge is 0.410 e. The van der Waals surface area contributed by atoms with Gasteiger partial charge in [-0.15, -0.1) is 0 Å². The molecule has 1 unspecified atom stereocenters. The molecule has 1 N–H and O–H groups in total. The first-order chi connectivity index (χ1) is 14.1. The molecule has 152 valence electrons. The number of H-pyrrole nitrogens is 1. The van der Waals surface area contributed by atoms with E-state index in [0.29, 0.717) is 31.5 Å². The van der Waals surface area contributed by atoms with E-state index in [2.05, 4.69) is 10.2 Å². The van der Waals surface area contributed by atoms with E-state index in [4.69, 9.17) is 9.47 Å². The van der Waals surface area contributed by atoms with Crippen LogP contribution in [0.3, 0.4) is 0 Å². The summed E-state index contributed by atoms with van der Waals surface area (Å²) in [6.45, 7) is 1.12. The summed E-state index contributed by atoms with van der Waals surface area (Å²) in [4.78, 5) is 40.5. The molecule has 0 radical (unpaired) electrons. The van der Waals surface area contributed by atoms with Gasteiger partial charge in [0.2, 0.25) is 0 Å². The quantitative estimate of drug-likeness (QED) is 0.767. The molecular weight excluding hydrogens is 376 g/mol. The average Bonchev–Trinajstić information content (AvgIpc) is 3.42. The van der Waals surface area contributed by atoms with Crippen molar-refractivity contribution in [3.8, 4) is 0 Å². The van der Waals surface area contributed by atoms with Crippen LogP contribution in [0.25, 0.3) is 0 Å². The van der Waals surface area contributed by atoms with Gasteiger partial charge in [0.05, 0.1) is 11.8 Å². The number of rotatable bonds is 5. The first kappa shape index (κ1) is 19.0. The van der Waals surface area contributed by atoms with E-state index in [1.165, 1.54) is 11.1 Å². The Kier molecular flexibility index (Phi) is 5.46. The van der Waals surface area contributed by atoms with Crippen LogP contribution in [0.4, 0.5) is 4.79 Å². The van der Waals surface area contributed by atoms with E-state index in [1.807, 2.05) is 30.3 Å². The Morgan fingerprint density at radius 2 is 1.97 bits per heavy atom. The minimum Gasteiger partial charge on any atom is -0.459 e. The molecule has 1 atom stereocenters. The highest BCUT2D eigenvalue weighted by Gasteiger charge is 2.44. The molecule has 29 heavy (non-hydrogen) atoms. The van der Waals surface area contributed by atoms with Crippen molar-refractivity contribution in [2.45, 2.75) is 31.5 Å². The Labute approximate surface area is 167 Å². The van der Waals surface area contributed by atoms with Crippen molar-refractivity contribution in [1.29, 1.82) is 0 Å². The Bertz CT molecular complexity index is 862. The lowest BCUT2D eigenvalue weighted by Gasteiger charge is -2.37. The molecule has 2 fully saturated rings. The number of piperidine rings is 1. The van der Waals surface area contributed by atoms with Crippen molar-refractivity contribution < 1.29 is 23.9 Å². The van der Waals surface area contributed by atoms with Crippen LogP contribution in [-0.4, -0.2) is 69.7 Å². The largest absolute Gasteiger partial charge is 0.459 e. The number of amides is 2. The van der Waals surface area contributed by atoms with E-state index in [-0.39, 0.29) is 25.2 Å². The summed E-state index contributed by atoms with van der Waals surface area (Å²) in [6, 6.07) is 8.44. The lowest BCUT2D eigenvalue weighted by Crippen LogP contribution is -2.52. The number of hydrogen-bond donors (Lipinski definition) is 1. The monoisotopic (exact) mass is 398 g/mol. The SMILES string of the molecule is O=C(OCc1ccccc1)C1COC(=O)N1C1CCN(C(=O)c2cn[nH]c2)CC1. The van der Waals surface area contributed by atoms with Gasteiger partial charge in [-0.1, -0.05) is 30.3 Å². The lowest BCUT2D eigenvalue weighted by molar-refractivity contribution is -0.150. The molecule has 3 heterocycles. The number of nitrogens with one attached hydrogen (secondary N) is 1.